The van der Waals surface area contributed by atoms with Crippen molar-refractivity contribution in [3.63, 3.8) is 0 Å². The van der Waals surface area contributed by atoms with Crippen LogP contribution in [-0.2, 0) is 0 Å². The zero-order valence-corrected chi connectivity index (χ0v) is 50.3. The third kappa shape index (κ3) is 8.19. The molecule has 0 N–H and O–H groups in total. The van der Waals surface area contributed by atoms with Crippen LogP contribution in [0.15, 0.2) is 40.1 Å². The van der Waals surface area contributed by atoms with Crippen molar-refractivity contribution in [2.75, 3.05) is 0 Å². The summed E-state index contributed by atoms with van der Waals surface area (Å²) in [5.74, 6) is 0.385. The molecule has 1 aliphatic rings. The highest BCUT2D eigenvalue weighted by Gasteiger charge is 2.55. The fourth-order valence-electron chi connectivity index (χ4n) is 11.7. The molecule has 4 rings (SSSR count). The molecule has 0 aromatic heterocycles. The molecule has 0 saturated heterocycles. The van der Waals surface area contributed by atoms with Gasteiger partial charge in [0, 0.05) is 0 Å². The first kappa shape index (κ1) is 49.3. The molecule has 1 atom stereocenters. The Morgan fingerprint density at radius 1 is 0.310 bits per heavy atom. The molecule has 0 saturated carbocycles. The Balaban J connectivity index is 2.83. The predicted molar refractivity (Wildman–Crippen MR) is 291 cm³/mol. The summed E-state index contributed by atoms with van der Waals surface area (Å²) in [6.45, 7) is 73.0. The van der Waals surface area contributed by atoms with E-state index in [9.17, 15) is 0 Å². The number of hydrogen-bond donors (Lipinski definition) is 0. The van der Waals surface area contributed by atoms with E-state index in [4.69, 9.17) is 0 Å². The van der Waals surface area contributed by atoms with Gasteiger partial charge in [0.25, 0.3) is 0 Å². The Kier molecular flexibility index (Phi) is 13.2. The van der Waals surface area contributed by atoms with Gasteiger partial charge in [0.1, 0.15) is 0 Å². The van der Waals surface area contributed by atoms with Gasteiger partial charge in [-0.1, -0.05) is 190 Å². The van der Waals surface area contributed by atoms with Gasteiger partial charge in [-0.05, 0) is 123 Å². The summed E-state index contributed by atoms with van der Waals surface area (Å²) in [4.78, 5) is 0. The van der Waals surface area contributed by atoms with Crippen molar-refractivity contribution < 1.29 is 0 Å². The van der Waals surface area contributed by atoms with Crippen LogP contribution in [-0.4, -0.2) is 56.5 Å². The highest BCUT2D eigenvalue weighted by atomic mass is 28.3. The Labute approximate surface area is 367 Å². The van der Waals surface area contributed by atoms with Crippen LogP contribution >= 0.6 is 0 Å². The second kappa shape index (κ2) is 15.5. The molecule has 1 aliphatic carbocycles. The van der Waals surface area contributed by atoms with E-state index in [1.165, 1.54) is 0 Å². The summed E-state index contributed by atoms with van der Waals surface area (Å²) in [6.07, 6.45) is 0. The van der Waals surface area contributed by atoms with Gasteiger partial charge in [-0.25, -0.2) is 0 Å². The van der Waals surface area contributed by atoms with Crippen LogP contribution < -0.4 is 46.7 Å². The number of hydrogen-bond acceptors (Lipinski definition) is 0. The van der Waals surface area contributed by atoms with E-state index >= 15 is 0 Å². The maximum Gasteiger partial charge on any atom is 0.176 e. The minimum absolute atomic E-state index is 0.385. The van der Waals surface area contributed by atoms with E-state index in [1.807, 2.05) is 5.20 Å². The maximum atomic E-state index is 2.96. The molecule has 3 aromatic rings. The summed E-state index contributed by atoms with van der Waals surface area (Å²) in [6, 6.07) is 8.87. The minimum atomic E-state index is -3.15. The Morgan fingerprint density at radius 2 is 0.552 bits per heavy atom. The first-order chi connectivity index (χ1) is 25.8. The Morgan fingerprint density at radius 3 is 0.724 bits per heavy atom. The van der Waals surface area contributed by atoms with Gasteiger partial charge in [0.05, 0.1) is 48.4 Å². The van der Waals surface area contributed by atoms with Crippen molar-refractivity contribution in [3.05, 3.63) is 73.5 Å². The van der Waals surface area contributed by atoms with Crippen molar-refractivity contribution in [2.45, 2.75) is 187 Å². The van der Waals surface area contributed by atoms with E-state index in [0.29, 0.717) is 5.92 Å². The van der Waals surface area contributed by atoms with Crippen LogP contribution in [0.5, 0.6) is 0 Å². The lowest BCUT2D eigenvalue weighted by atomic mass is 10.1. The van der Waals surface area contributed by atoms with Crippen molar-refractivity contribution in [1.29, 1.82) is 0 Å². The highest BCUT2D eigenvalue weighted by Crippen LogP contribution is 2.42. The molecular formula is C51H88Si7. The fraction of sp³-hybridized carbons (Fsp3) is 0.569. The predicted octanol–water partition coefficient (Wildman–Crippen LogP) is 10.1. The molecule has 7 heteroatoms. The highest BCUT2D eigenvalue weighted by molar-refractivity contribution is 7.23. The summed E-state index contributed by atoms with van der Waals surface area (Å²) in [5.41, 5.74) is 14.4. The molecule has 3 aromatic carbocycles. The van der Waals surface area contributed by atoms with E-state index in [2.05, 4.69) is 205 Å². The second-order valence-electron chi connectivity index (χ2n) is 25.1. The summed E-state index contributed by atoms with van der Waals surface area (Å²) in [7, 11) is -14.4. The van der Waals surface area contributed by atoms with E-state index < -0.39 is 56.5 Å². The molecule has 320 valence electrons. The van der Waals surface area contributed by atoms with Crippen LogP contribution in [0.1, 0.15) is 61.1 Å². The topological polar surface area (TPSA) is 0 Å². The van der Waals surface area contributed by atoms with E-state index in [-0.39, 0.29) is 0 Å². The van der Waals surface area contributed by atoms with Gasteiger partial charge in [-0.2, -0.15) is 0 Å². The largest absolute Gasteiger partial charge is 0.176 e. The monoisotopic (exact) mass is 897 g/mol. The molecule has 0 aliphatic heterocycles. The van der Waals surface area contributed by atoms with Crippen LogP contribution in [0.2, 0.25) is 118 Å². The zero-order chi connectivity index (χ0) is 45.2. The van der Waals surface area contributed by atoms with Crippen LogP contribution in [0.4, 0.5) is 0 Å². The molecule has 0 fully saturated rings. The Bertz CT molecular complexity index is 2010. The van der Waals surface area contributed by atoms with Crippen LogP contribution in [0.3, 0.4) is 0 Å². The third-order valence-corrected chi connectivity index (χ3v) is 33.4. The lowest BCUT2D eigenvalue weighted by Crippen LogP contribution is -2.83. The van der Waals surface area contributed by atoms with Crippen LogP contribution in [0.25, 0.3) is 0 Å². The van der Waals surface area contributed by atoms with E-state index in [1.54, 1.807) is 96.8 Å². The van der Waals surface area contributed by atoms with Gasteiger partial charge in [-0.15, -0.1) is 0 Å². The molecule has 0 amide bonds. The number of allylic oxidation sites excluding steroid dienone is 4. The van der Waals surface area contributed by atoms with Gasteiger partial charge in [-0.3, -0.25) is 0 Å². The summed E-state index contributed by atoms with van der Waals surface area (Å²) in [5, 5.41) is 17.6. The average molecular weight is 898 g/mol. The average Bonchev–Trinajstić information content (AvgIpc) is 3.20. The molecular weight excluding hydrogens is 809 g/mol. The van der Waals surface area contributed by atoms with Crippen molar-refractivity contribution in [3.8, 4) is 0 Å². The molecule has 0 radical (unpaired) electrons. The molecule has 58 heavy (non-hydrogen) atoms. The number of benzene rings is 3. The van der Waals surface area contributed by atoms with Crippen molar-refractivity contribution >= 4 is 103 Å². The quantitative estimate of drug-likeness (QED) is 0.141. The van der Waals surface area contributed by atoms with Crippen molar-refractivity contribution in [2.24, 2.45) is 5.92 Å². The minimum Gasteiger partial charge on any atom is -0.0656 e. The lowest BCUT2D eigenvalue weighted by molar-refractivity contribution is 0.852. The van der Waals surface area contributed by atoms with Gasteiger partial charge in [0.2, 0.25) is 0 Å². The second-order valence-corrected chi connectivity index (χ2v) is 58.9. The molecule has 0 heterocycles. The first-order valence-corrected chi connectivity index (χ1v) is 45.6. The first-order valence-electron chi connectivity index (χ1n) is 22.6. The maximum absolute atomic E-state index is 3.15. The molecule has 0 nitrogen and oxygen atoms in total. The van der Waals surface area contributed by atoms with Gasteiger partial charge >= 0.3 is 0 Å². The smallest absolute Gasteiger partial charge is 0.0656 e. The summed E-state index contributed by atoms with van der Waals surface area (Å²) < 4.78 is 0. The normalized spacial score (nSPS) is 16.7. The van der Waals surface area contributed by atoms with Gasteiger partial charge in [0.15, 0.2) is 8.07 Å². The summed E-state index contributed by atoms with van der Waals surface area (Å²) >= 11 is 0. The fourth-order valence-corrected chi connectivity index (χ4v) is 35.6. The lowest BCUT2D eigenvalue weighted by Gasteiger charge is -2.48. The third-order valence-electron chi connectivity index (χ3n) is 14.6. The zero-order valence-electron chi connectivity index (χ0n) is 43.3. The molecule has 0 bridgehead atoms. The Hall–Kier alpha value is -1.34. The van der Waals surface area contributed by atoms with E-state index in [0.717, 1.165) is 0 Å². The molecule has 0 spiro atoms. The number of rotatable bonds is 10. The standard InChI is InChI=1S/C51H88Si7/c1-32-33(2)38(7)48(37(32)6)58(45-29-42(52(11,12)13)34(3)39(8)49(45)55(20,21)22,46-30-43(53(14,15)16)35(4)40(9)50(46)56(23,24)25)47-31-44(54(17,18)19)36(5)41(10)51(47)57(26,27)28/h29-31,37H,1-28H3. The molecule has 1 unspecified atom stereocenters. The SMILES string of the molecule is CC1=C(C)C(C)C([Si](c2cc([Si](C)(C)C)c(C)c(C)c2[Si](C)(C)C)(c2cc([Si](C)(C)C)c(C)c(C)c2[Si](C)(C)C)c2cc([Si](C)(C)C)c(C)c(C)c2[Si](C)(C)C)=C1C. The van der Waals surface area contributed by atoms with Gasteiger partial charge < -0.3 is 0 Å². The van der Waals surface area contributed by atoms with Crippen molar-refractivity contribution in [1.82, 2.24) is 0 Å². The van der Waals surface area contributed by atoms with Crippen LogP contribution in [0, 0.1) is 47.5 Å².